The highest BCUT2D eigenvalue weighted by Gasteiger charge is 2.24. The van der Waals surface area contributed by atoms with Crippen molar-refractivity contribution in [2.75, 3.05) is 6.61 Å². The number of rotatable bonds is 4. The Hall–Kier alpha value is -1.64. The topological polar surface area (TPSA) is 82.6 Å². The van der Waals surface area contributed by atoms with Gasteiger partial charge in [-0.25, -0.2) is 4.79 Å². The molecule has 0 fully saturated rings. The summed E-state index contributed by atoms with van der Waals surface area (Å²) >= 11 is 11.8. The first kappa shape index (κ1) is 16.7. The maximum atomic E-state index is 12.9. The zero-order valence-electron chi connectivity index (χ0n) is 11.0. The molecule has 2 rings (SSSR count). The standard InChI is InChI=1S/C12H8Cl2FNO5S/c1-2-20-12(17)7-5-16-10-6(3-4-8(13)9(10)14)11(7)21-22(15,18)19/h3-5H,2H2,1H3. The Bertz CT molecular complexity index is 856. The molecule has 0 saturated heterocycles. The molecule has 0 aliphatic rings. The van der Waals surface area contributed by atoms with E-state index in [1.807, 2.05) is 0 Å². The van der Waals surface area contributed by atoms with Crippen LogP contribution in [0.15, 0.2) is 18.3 Å². The summed E-state index contributed by atoms with van der Waals surface area (Å²) in [6.07, 6.45) is 0.975. The van der Waals surface area contributed by atoms with Crippen LogP contribution < -0.4 is 4.18 Å². The number of aromatic nitrogens is 1. The Morgan fingerprint density at radius 2 is 2.05 bits per heavy atom. The third-order valence-corrected chi connectivity index (χ3v) is 3.72. The van der Waals surface area contributed by atoms with E-state index >= 15 is 0 Å². The average Bonchev–Trinajstić information content (AvgIpc) is 2.42. The van der Waals surface area contributed by atoms with Crippen LogP contribution in [0.4, 0.5) is 3.89 Å². The van der Waals surface area contributed by atoms with Crippen molar-refractivity contribution < 1.29 is 26.0 Å². The van der Waals surface area contributed by atoms with Crippen LogP contribution in [0, 0.1) is 0 Å². The van der Waals surface area contributed by atoms with Gasteiger partial charge in [-0.2, -0.15) is 8.42 Å². The van der Waals surface area contributed by atoms with Crippen LogP contribution in [-0.4, -0.2) is 26.0 Å². The fourth-order valence-corrected chi connectivity index (χ4v) is 2.47. The number of benzene rings is 1. The number of ether oxygens (including phenoxy) is 1. The summed E-state index contributed by atoms with van der Waals surface area (Å²) in [5, 5.41) is 0.163. The predicted octanol–water partition coefficient (Wildman–Crippen LogP) is 3.31. The van der Waals surface area contributed by atoms with E-state index in [9.17, 15) is 17.1 Å². The third-order valence-electron chi connectivity index (χ3n) is 2.56. The molecule has 1 heterocycles. The van der Waals surface area contributed by atoms with Crippen molar-refractivity contribution in [1.29, 1.82) is 0 Å². The van der Waals surface area contributed by atoms with E-state index in [4.69, 9.17) is 27.9 Å². The second kappa shape index (κ2) is 6.23. The van der Waals surface area contributed by atoms with Gasteiger partial charge in [-0.05, 0) is 19.1 Å². The van der Waals surface area contributed by atoms with Crippen LogP contribution in [0.3, 0.4) is 0 Å². The van der Waals surface area contributed by atoms with Gasteiger partial charge in [0.05, 0.1) is 22.2 Å². The monoisotopic (exact) mass is 367 g/mol. The van der Waals surface area contributed by atoms with Crippen LogP contribution >= 0.6 is 23.2 Å². The molecule has 0 atom stereocenters. The Balaban J connectivity index is 2.78. The Morgan fingerprint density at radius 1 is 1.36 bits per heavy atom. The minimum Gasteiger partial charge on any atom is -0.462 e. The van der Waals surface area contributed by atoms with E-state index in [0.717, 1.165) is 6.20 Å². The lowest BCUT2D eigenvalue weighted by Crippen LogP contribution is -2.11. The molecule has 0 unspecified atom stereocenters. The molecule has 2 aromatic rings. The van der Waals surface area contributed by atoms with E-state index in [-0.39, 0.29) is 33.1 Å². The van der Waals surface area contributed by atoms with Crippen molar-refractivity contribution in [1.82, 2.24) is 4.98 Å². The summed E-state index contributed by atoms with van der Waals surface area (Å²) in [6.45, 7) is 1.58. The summed E-state index contributed by atoms with van der Waals surface area (Å²) < 4.78 is 43.6. The second-order valence-electron chi connectivity index (χ2n) is 3.96. The fourth-order valence-electron chi connectivity index (χ4n) is 1.73. The molecule has 0 radical (unpaired) electrons. The number of esters is 1. The molecule has 0 N–H and O–H groups in total. The number of hydrogen-bond donors (Lipinski definition) is 0. The maximum absolute atomic E-state index is 12.9. The largest absolute Gasteiger partial charge is 0.488 e. The number of carbonyl (C=O) groups is 1. The predicted molar refractivity (Wildman–Crippen MR) is 78.4 cm³/mol. The van der Waals surface area contributed by atoms with Crippen molar-refractivity contribution in [2.45, 2.75) is 6.92 Å². The van der Waals surface area contributed by atoms with E-state index in [1.165, 1.54) is 12.1 Å². The number of pyridine rings is 1. The van der Waals surface area contributed by atoms with Gasteiger partial charge in [-0.15, -0.1) is 0 Å². The molecule has 6 nitrogen and oxygen atoms in total. The van der Waals surface area contributed by atoms with Gasteiger partial charge in [0.25, 0.3) is 0 Å². The number of nitrogens with zero attached hydrogens (tertiary/aromatic N) is 1. The minimum atomic E-state index is -5.37. The molecule has 0 spiro atoms. The van der Waals surface area contributed by atoms with Crippen molar-refractivity contribution in [2.24, 2.45) is 0 Å². The molecule has 0 aliphatic carbocycles. The van der Waals surface area contributed by atoms with Crippen molar-refractivity contribution in [3.05, 3.63) is 33.9 Å². The summed E-state index contributed by atoms with van der Waals surface area (Å²) in [5.41, 5.74) is -0.296. The van der Waals surface area contributed by atoms with Crippen molar-refractivity contribution in [3.63, 3.8) is 0 Å². The van der Waals surface area contributed by atoms with Crippen molar-refractivity contribution in [3.8, 4) is 5.75 Å². The molecule has 0 saturated carbocycles. The van der Waals surface area contributed by atoms with Crippen LogP contribution in [0.2, 0.25) is 10.0 Å². The SMILES string of the molecule is CCOC(=O)c1cnc2c(Cl)c(Cl)ccc2c1OS(=O)(=O)F. The highest BCUT2D eigenvalue weighted by molar-refractivity contribution is 7.81. The molecule has 118 valence electrons. The first-order valence-electron chi connectivity index (χ1n) is 5.82. The highest BCUT2D eigenvalue weighted by Crippen LogP contribution is 2.36. The first-order valence-corrected chi connectivity index (χ1v) is 7.89. The van der Waals surface area contributed by atoms with Gasteiger partial charge < -0.3 is 8.92 Å². The van der Waals surface area contributed by atoms with Gasteiger partial charge in [0.15, 0.2) is 5.75 Å². The lowest BCUT2D eigenvalue weighted by Gasteiger charge is -2.11. The molecule has 1 aromatic heterocycles. The fraction of sp³-hybridized carbons (Fsp3) is 0.167. The molecule has 22 heavy (non-hydrogen) atoms. The van der Waals surface area contributed by atoms with Gasteiger partial charge in [-0.3, -0.25) is 4.98 Å². The van der Waals surface area contributed by atoms with Gasteiger partial charge in [0.2, 0.25) is 0 Å². The quantitative estimate of drug-likeness (QED) is 0.608. The molecule has 0 aliphatic heterocycles. The molecule has 0 amide bonds. The summed E-state index contributed by atoms with van der Waals surface area (Å²) in [6, 6.07) is 2.64. The van der Waals surface area contributed by atoms with Crippen LogP contribution in [-0.2, 0) is 15.2 Å². The number of halogens is 3. The van der Waals surface area contributed by atoms with Crippen LogP contribution in [0.5, 0.6) is 5.75 Å². The number of fused-ring (bicyclic) bond motifs is 1. The molecular weight excluding hydrogens is 360 g/mol. The van der Waals surface area contributed by atoms with E-state index < -0.39 is 22.2 Å². The summed E-state index contributed by atoms with van der Waals surface area (Å²) in [7, 11) is -5.37. The third kappa shape index (κ3) is 3.40. The smallest absolute Gasteiger partial charge is 0.462 e. The molecule has 0 bridgehead atoms. The van der Waals surface area contributed by atoms with Crippen LogP contribution in [0.25, 0.3) is 10.9 Å². The summed E-state index contributed by atoms with van der Waals surface area (Å²) in [4.78, 5) is 15.7. The highest BCUT2D eigenvalue weighted by atomic mass is 35.5. The van der Waals surface area contributed by atoms with Gasteiger partial charge in [-0.1, -0.05) is 27.1 Å². The Labute approximate surface area is 135 Å². The second-order valence-corrected chi connectivity index (χ2v) is 5.69. The van der Waals surface area contributed by atoms with E-state index in [1.54, 1.807) is 6.92 Å². The van der Waals surface area contributed by atoms with Crippen LogP contribution in [0.1, 0.15) is 17.3 Å². The van der Waals surface area contributed by atoms with Gasteiger partial charge in [0, 0.05) is 11.6 Å². The molecule has 1 aromatic carbocycles. The Morgan fingerprint density at radius 3 is 2.64 bits per heavy atom. The lowest BCUT2D eigenvalue weighted by molar-refractivity contribution is 0.0524. The average molecular weight is 368 g/mol. The minimum absolute atomic E-state index is 0.00109. The maximum Gasteiger partial charge on any atom is 0.488 e. The van der Waals surface area contributed by atoms with Gasteiger partial charge >= 0.3 is 16.5 Å². The molecule has 10 heteroatoms. The number of carbonyl (C=O) groups excluding carboxylic acids is 1. The van der Waals surface area contributed by atoms with E-state index in [0.29, 0.717) is 0 Å². The first-order chi connectivity index (χ1) is 10.2. The summed E-state index contributed by atoms with van der Waals surface area (Å²) in [5.74, 6) is -1.48. The van der Waals surface area contributed by atoms with Crippen molar-refractivity contribution >= 4 is 50.6 Å². The zero-order chi connectivity index (χ0) is 16.5. The molecular formula is C12H8Cl2FNO5S. The number of hydrogen-bond acceptors (Lipinski definition) is 6. The Kier molecular flexibility index (Phi) is 4.74. The normalized spacial score (nSPS) is 11.5. The zero-order valence-corrected chi connectivity index (χ0v) is 13.3. The van der Waals surface area contributed by atoms with E-state index in [2.05, 4.69) is 9.17 Å². The lowest BCUT2D eigenvalue weighted by atomic mass is 10.1. The van der Waals surface area contributed by atoms with Gasteiger partial charge in [0.1, 0.15) is 5.56 Å².